The van der Waals surface area contributed by atoms with Crippen LogP contribution in [-0.2, 0) is 25.6 Å². The van der Waals surface area contributed by atoms with Gasteiger partial charge in [-0.05, 0) is 37.8 Å². The molecule has 6 atom stereocenters. The van der Waals surface area contributed by atoms with E-state index in [1.807, 2.05) is 19.9 Å². The van der Waals surface area contributed by atoms with Crippen LogP contribution in [0.5, 0.6) is 0 Å². The minimum absolute atomic E-state index is 0.107. The van der Waals surface area contributed by atoms with E-state index in [2.05, 4.69) is 21.3 Å². The summed E-state index contributed by atoms with van der Waals surface area (Å²) in [6.45, 7) is 5.74. The number of carbonyl (C=O) groups is 4. The molecule has 10 nitrogen and oxygen atoms in total. The molecule has 0 aliphatic carbocycles. The van der Waals surface area contributed by atoms with E-state index in [4.69, 9.17) is 0 Å². The highest BCUT2D eigenvalue weighted by Gasteiger charge is 2.34. The summed E-state index contributed by atoms with van der Waals surface area (Å²) in [6, 6.07) is 5.12. The van der Waals surface area contributed by atoms with E-state index in [-0.39, 0.29) is 24.3 Å². The predicted octanol–water partition coefficient (Wildman–Crippen LogP) is -0.0530. The number of hydrogen-bond acceptors (Lipinski definition) is 6. The van der Waals surface area contributed by atoms with Gasteiger partial charge in [0.25, 0.3) is 0 Å². The molecule has 1 saturated heterocycles. The third-order valence-corrected chi connectivity index (χ3v) is 6.13. The van der Waals surface area contributed by atoms with Crippen LogP contribution in [0.3, 0.4) is 0 Å². The normalized spacial score (nSPS) is 19.8. The SMILES string of the molecule is CCC(C)C(NC(=O)C1CCCN1)C(=O)NC(Cc1ccccc1)C(=O)NC(C(=O)O)C(C)O. The lowest BCUT2D eigenvalue weighted by Gasteiger charge is -2.28. The number of rotatable bonds is 12. The lowest BCUT2D eigenvalue weighted by Crippen LogP contribution is -2.59. The number of carbonyl (C=O) groups excluding carboxylic acids is 3. The summed E-state index contributed by atoms with van der Waals surface area (Å²) >= 11 is 0. The highest BCUT2D eigenvalue weighted by atomic mass is 16.4. The zero-order valence-electron chi connectivity index (χ0n) is 19.9. The molecule has 6 unspecified atom stereocenters. The molecule has 3 amide bonds. The molecule has 6 N–H and O–H groups in total. The van der Waals surface area contributed by atoms with E-state index in [0.29, 0.717) is 12.8 Å². The van der Waals surface area contributed by atoms with Crippen LogP contribution in [0.2, 0.25) is 0 Å². The molecule has 1 aromatic carbocycles. The number of carboxylic acids is 1. The first-order valence-electron chi connectivity index (χ1n) is 11.7. The lowest BCUT2D eigenvalue weighted by atomic mass is 9.96. The molecule has 10 heteroatoms. The van der Waals surface area contributed by atoms with E-state index in [1.54, 1.807) is 24.3 Å². The second-order valence-electron chi connectivity index (χ2n) is 8.84. The molecule has 0 radical (unpaired) electrons. The first-order valence-corrected chi connectivity index (χ1v) is 11.7. The molecule has 1 aliphatic rings. The van der Waals surface area contributed by atoms with Crippen molar-refractivity contribution < 1.29 is 29.4 Å². The Morgan fingerprint density at radius 3 is 2.24 bits per heavy atom. The fraction of sp³-hybridized carbons (Fsp3) is 0.583. The molecule has 1 aromatic rings. The predicted molar refractivity (Wildman–Crippen MR) is 126 cm³/mol. The number of nitrogens with one attached hydrogen (secondary N) is 4. The monoisotopic (exact) mass is 476 g/mol. The Morgan fingerprint density at radius 2 is 1.71 bits per heavy atom. The molecule has 0 saturated carbocycles. The Morgan fingerprint density at radius 1 is 1.03 bits per heavy atom. The molecule has 188 valence electrons. The number of benzene rings is 1. The fourth-order valence-electron chi connectivity index (χ4n) is 3.83. The van der Waals surface area contributed by atoms with E-state index >= 15 is 0 Å². The average molecular weight is 477 g/mol. The highest BCUT2D eigenvalue weighted by molar-refractivity contribution is 5.94. The van der Waals surface area contributed by atoms with E-state index in [9.17, 15) is 29.4 Å². The second kappa shape index (κ2) is 13.0. The van der Waals surface area contributed by atoms with Gasteiger partial charge in [-0.25, -0.2) is 4.79 Å². The molecule has 1 aliphatic heterocycles. The molecule has 0 bridgehead atoms. The number of carboxylic acid groups (broad SMARTS) is 1. The van der Waals surface area contributed by atoms with Crippen molar-refractivity contribution in [3.63, 3.8) is 0 Å². The van der Waals surface area contributed by atoms with Crippen LogP contribution in [0.25, 0.3) is 0 Å². The maximum absolute atomic E-state index is 13.3. The number of aliphatic hydroxyl groups is 1. The maximum Gasteiger partial charge on any atom is 0.328 e. The van der Waals surface area contributed by atoms with Crippen molar-refractivity contribution in [3.8, 4) is 0 Å². The van der Waals surface area contributed by atoms with Gasteiger partial charge in [-0.1, -0.05) is 50.6 Å². The van der Waals surface area contributed by atoms with Crippen LogP contribution in [-0.4, -0.2) is 70.7 Å². The molecular formula is C24H36N4O6. The first-order chi connectivity index (χ1) is 16.1. The lowest BCUT2D eigenvalue weighted by molar-refractivity contribution is -0.145. The van der Waals surface area contributed by atoms with E-state index < -0.39 is 42.0 Å². The van der Waals surface area contributed by atoms with Crippen molar-refractivity contribution >= 4 is 23.7 Å². The fourth-order valence-corrected chi connectivity index (χ4v) is 3.83. The van der Waals surface area contributed by atoms with Crippen molar-refractivity contribution in [2.24, 2.45) is 5.92 Å². The molecule has 1 fully saturated rings. The number of aliphatic carboxylic acids is 1. The van der Waals surface area contributed by atoms with Gasteiger partial charge >= 0.3 is 5.97 Å². The smallest absolute Gasteiger partial charge is 0.328 e. The Kier molecular flexibility index (Phi) is 10.5. The van der Waals surface area contributed by atoms with Gasteiger partial charge < -0.3 is 31.5 Å². The minimum atomic E-state index is -1.53. The number of hydrogen-bond donors (Lipinski definition) is 6. The van der Waals surface area contributed by atoms with Gasteiger partial charge in [0.05, 0.1) is 12.1 Å². The zero-order chi connectivity index (χ0) is 25.3. The van der Waals surface area contributed by atoms with Crippen molar-refractivity contribution in [1.29, 1.82) is 0 Å². The highest BCUT2D eigenvalue weighted by Crippen LogP contribution is 2.12. The average Bonchev–Trinajstić information content (AvgIpc) is 3.35. The third-order valence-electron chi connectivity index (χ3n) is 6.13. The topological polar surface area (TPSA) is 157 Å². The molecular weight excluding hydrogens is 440 g/mol. The summed E-state index contributed by atoms with van der Waals surface area (Å²) in [5.74, 6) is -3.11. The molecule has 1 heterocycles. The van der Waals surface area contributed by atoms with Gasteiger partial charge in [-0.3, -0.25) is 14.4 Å². The quantitative estimate of drug-likeness (QED) is 0.247. The van der Waals surface area contributed by atoms with Crippen molar-refractivity contribution in [1.82, 2.24) is 21.3 Å². The van der Waals surface area contributed by atoms with Crippen LogP contribution in [0.15, 0.2) is 30.3 Å². The third kappa shape index (κ3) is 7.81. The van der Waals surface area contributed by atoms with Gasteiger partial charge in [0.2, 0.25) is 17.7 Å². The maximum atomic E-state index is 13.3. The van der Waals surface area contributed by atoms with Gasteiger partial charge in [0, 0.05) is 6.42 Å². The Balaban J connectivity index is 2.21. The van der Waals surface area contributed by atoms with Crippen molar-refractivity contribution in [2.75, 3.05) is 6.54 Å². The minimum Gasteiger partial charge on any atom is -0.480 e. The number of amides is 3. The van der Waals surface area contributed by atoms with Crippen molar-refractivity contribution in [3.05, 3.63) is 35.9 Å². The summed E-state index contributed by atoms with van der Waals surface area (Å²) in [4.78, 5) is 50.4. The summed E-state index contributed by atoms with van der Waals surface area (Å²) < 4.78 is 0. The van der Waals surface area contributed by atoms with Crippen LogP contribution >= 0.6 is 0 Å². The standard InChI is InChI=1S/C24H36N4O6/c1-4-14(2)19(27-21(30)17-11-8-12-25-17)23(32)26-18(13-16-9-6-5-7-10-16)22(31)28-20(15(3)29)24(33)34/h5-7,9-10,14-15,17-20,25,29H,4,8,11-13H2,1-3H3,(H,26,32)(H,27,30)(H,28,31)(H,33,34). The summed E-state index contributed by atoms with van der Waals surface area (Å²) in [5, 5.41) is 30.0. The van der Waals surface area contributed by atoms with Crippen LogP contribution in [0, 0.1) is 5.92 Å². The molecule has 34 heavy (non-hydrogen) atoms. The number of aliphatic hydroxyl groups excluding tert-OH is 1. The summed E-state index contributed by atoms with van der Waals surface area (Å²) in [5.41, 5.74) is 0.756. The zero-order valence-corrected chi connectivity index (χ0v) is 19.9. The second-order valence-corrected chi connectivity index (χ2v) is 8.84. The van der Waals surface area contributed by atoms with Gasteiger partial charge in [-0.2, -0.15) is 0 Å². The van der Waals surface area contributed by atoms with Gasteiger partial charge in [0.15, 0.2) is 6.04 Å². The van der Waals surface area contributed by atoms with Crippen LogP contribution in [0.4, 0.5) is 0 Å². The summed E-state index contributed by atoms with van der Waals surface area (Å²) in [6.07, 6.45) is 0.965. The van der Waals surface area contributed by atoms with Crippen molar-refractivity contribution in [2.45, 2.75) is 76.7 Å². The largest absolute Gasteiger partial charge is 0.480 e. The van der Waals surface area contributed by atoms with E-state index in [0.717, 1.165) is 18.5 Å². The Hall–Kier alpha value is -2.98. The van der Waals surface area contributed by atoms with Gasteiger partial charge in [0.1, 0.15) is 12.1 Å². The van der Waals surface area contributed by atoms with Crippen LogP contribution < -0.4 is 21.3 Å². The molecule has 0 spiro atoms. The summed E-state index contributed by atoms with van der Waals surface area (Å²) in [7, 11) is 0. The Labute approximate surface area is 199 Å². The molecule has 0 aromatic heterocycles. The first kappa shape index (κ1) is 27.3. The van der Waals surface area contributed by atoms with E-state index in [1.165, 1.54) is 6.92 Å². The molecule has 2 rings (SSSR count). The van der Waals surface area contributed by atoms with Crippen LogP contribution in [0.1, 0.15) is 45.6 Å². The Bertz CT molecular complexity index is 841. The van der Waals surface area contributed by atoms with Gasteiger partial charge in [-0.15, -0.1) is 0 Å².